The zero-order valence-corrected chi connectivity index (χ0v) is 13.0. The van der Waals surface area contributed by atoms with Crippen LogP contribution in [0.25, 0.3) is 0 Å². The van der Waals surface area contributed by atoms with Gasteiger partial charge < -0.3 is 5.32 Å². The smallest absolute Gasteiger partial charge is 0.264 e. The molecule has 0 saturated carbocycles. The molecule has 0 radical (unpaired) electrons. The number of hydrogen-bond donors (Lipinski definition) is 2. The van der Waals surface area contributed by atoms with Crippen molar-refractivity contribution in [3.05, 3.63) is 27.9 Å². The maximum Gasteiger partial charge on any atom is 0.264 e. The van der Waals surface area contributed by atoms with Crippen LogP contribution in [0.3, 0.4) is 0 Å². The molecule has 0 atom stereocenters. The third-order valence-electron chi connectivity index (χ3n) is 2.32. The fraction of sp³-hybridized carbons (Fsp3) is 0.364. The predicted molar refractivity (Wildman–Crippen MR) is 79.2 cm³/mol. The molecule has 0 fully saturated rings. The quantitative estimate of drug-likeness (QED) is 0.859. The van der Waals surface area contributed by atoms with Crippen molar-refractivity contribution in [1.29, 1.82) is 0 Å². The minimum Gasteiger partial charge on any atom is -0.310 e. The van der Waals surface area contributed by atoms with Crippen LogP contribution in [0.4, 0.5) is 5.13 Å². The van der Waals surface area contributed by atoms with Crippen LogP contribution in [-0.4, -0.2) is 19.4 Å². The van der Waals surface area contributed by atoms with Gasteiger partial charge in [-0.25, -0.2) is 13.4 Å². The summed E-state index contributed by atoms with van der Waals surface area (Å²) >= 11 is 2.69. The minimum atomic E-state index is -3.55. The van der Waals surface area contributed by atoms with Gasteiger partial charge in [-0.2, -0.15) is 0 Å². The first-order valence-corrected chi connectivity index (χ1v) is 8.95. The van der Waals surface area contributed by atoms with E-state index in [9.17, 15) is 8.42 Å². The lowest BCUT2D eigenvalue weighted by atomic mass is 10.4. The fourth-order valence-electron chi connectivity index (χ4n) is 1.44. The molecule has 0 amide bonds. The number of sulfonamides is 1. The van der Waals surface area contributed by atoms with E-state index in [0.717, 1.165) is 4.88 Å². The Kier molecular flexibility index (Phi) is 4.56. The Hall–Kier alpha value is -0.960. The van der Waals surface area contributed by atoms with Crippen molar-refractivity contribution in [2.45, 2.75) is 31.3 Å². The standard InChI is InChI=1S/C11H15N3O2S3/c1-8(2)13-7-9-10(3-5-17-9)19(15,16)14-11-12-4-6-18-11/h3-6,8,13H,7H2,1-2H3,(H,12,14). The molecule has 104 valence electrons. The van der Waals surface area contributed by atoms with E-state index >= 15 is 0 Å². The van der Waals surface area contributed by atoms with E-state index in [-0.39, 0.29) is 0 Å². The maximum atomic E-state index is 12.3. The Balaban J connectivity index is 2.19. The van der Waals surface area contributed by atoms with Gasteiger partial charge in [-0.05, 0) is 11.4 Å². The molecule has 0 aromatic carbocycles. The van der Waals surface area contributed by atoms with Gasteiger partial charge in [-0.1, -0.05) is 13.8 Å². The van der Waals surface area contributed by atoms with Gasteiger partial charge in [0.05, 0.1) is 0 Å². The highest BCUT2D eigenvalue weighted by Crippen LogP contribution is 2.25. The van der Waals surface area contributed by atoms with Crippen molar-refractivity contribution >= 4 is 37.8 Å². The van der Waals surface area contributed by atoms with E-state index in [2.05, 4.69) is 15.0 Å². The number of aromatic nitrogens is 1. The summed E-state index contributed by atoms with van der Waals surface area (Å²) in [5.41, 5.74) is 0. The summed E-state index contributed by atoms with van der Waals surface area (Å²) in [7, 11) is -3.55. The summed E-state index contributed by atoms with van der Waals surface area (Å²) in [4.78, 5) is 5.05. The second-order valence-corrected chi connectivity index (χ2v) is 7.73. The second-order valence-electron chi connectivity index (χ2n) is 4.19. The summed E-state index contributed by atoms with van der Waals surface area (Å²) in [6.45, 7) is 4.59. The minimum absolute atomic E-state index is 0.310. The van der Waals surface area contributed by atoms with Crippen molar-refractivity contribution in [2.24, 2.45) is 0 Å². The van der Waals surface area contributed by atoms with Crippen molar-refractivity contribution in [2.75, 3.05) is 4.72 Å². The highest BCUT2D eigenvalue weighted by molar-refractivity contribution is 7.93. The average Bonchev–Trinajstić information content (AvgIpc) is 2.95. The Morgan fingerprint density at radius 1 is 1.32 bits per heavy atom. The van der Waals surface area contributed by atoms with Crippen LogP contribution < -0.4 is 10.0 Å². The molecule has 0 aliphatic carbocycles. The van der Waals surface area contributed by atoms with Crippen molar-refractivity contribution < 1.29 is 8.42 Å². The van der Waals surface area contributed by atoms with Crippen LogP contribution in [0, 0.1) is 0 Å². The van der Waals surface area contributed by atoms with Gasteiger partial charge in [-0.3, -0.25) is 4.72 Å². The molecule has 8 heteroatoms. The Morgan fingerprint density at radius 3 is 2.74 bits per heavy atom. The Morgan fingerprint density at radius 2 is 2.11 bits per heavy atom. The van der Waals surface area contributed by atoms with E-state index in [1.807, 2.05) is 13.8 Å². The molecule has 2 aromatic rings. The number of hydrogen-bond acceptors (Lipinski definition) is 6. The number of anilines is 1. The van der Waals surface area contributed by atoms with Crippen molar-refractivity contribution in [1.82, 2.24) is 10.3 Å². The van der Waals surface area contributed by atoms with Crippen LogP contribution in [0.2, 0.25) is 0 Å². The van der Waals surface area contributed by atoms with Crippen LogP contribution in [0.5, 0.6) is 0 Å². The number of rotatable bonds is 6. The summed E-state index contributed by atoms with van der Waals surface area (Å²) in [5, 5.41) is 7.12. The maximum absolute atomic E-state index is 12.3. The first kappa shape index (κ1) is 14.4. The molecule has 2 N–H and O–H groups in total. The molecule has 0 aliphatic rings. The van der Waals surface area contributed by atoms with E-state index < -0.39 is 10.0 Å². The molecule has 0 aliphatic heterocycles. The molecule has 2 aromatic heterocycles. The topological polar surface area (TPSA) is 71.1 Å². The fourth-order valence-corrected chi connectivity index (χ4v) is 4.62. The van der Waals surface area contributed by atoms with Crippen molar-refractivity contribution in [3.63, 3.8) is 0 Å². The van der Waals surface area contributed by atoms with E-state index in [1.54, 1.807) is 23.0 Å². The number of nitrogens with zero attached hydrogens (tertiary/aromatic N) is 1. The third kappa shape index (κ3) is 3.75. The monoisotopic (exact) mass is 317 g/mol. The Labute approximate surface area is 120 Å². The van der Waals surface area contributed by atoms with Gasteiger partial charge >= 0.3 is 0 Å². The second kappa shape index (κ2) is 6.00. The molecule has 0 bridgehead atoms. The molecule has 5 nitrogen and oxygen atoms in total. The molecule has 0 spiro atoms. The van der Waals surface area contributed by atoms with Gasteiger partial charge in [-0.15, -0.1) is 22.7 Å². The molecule has 0 saturated heterocycles. The van der Waals surface area contributed by atoms with Crippen molar-refractivity contribution in [3.8, 4) is 0 Å². The normalized spacial score (nSPS) is 11.9. The SMILES string of the molecule is CC(C)NCc1sccc1S(=O)(=O)Nc1nccs1. The summed E-state index contributed by atoms with van der Waals surface area (Å²) in [6, 6.07) is 1.93. The summed E-state index contributed by atoms with van der Waals surface area (Å²) < 4.78 is 27.0. The van der Waals surface area contributed by atoms with Gasteiger partial charge in [0.25, 0.3) is 10.0 Å². The van der Waals surface area contributed by atoms with E-state index in [1.165, 1.54) is 22.7 Å². The van der Waals surface area contributed by atoms with Crippen LogP contribution >= 0.6 is 22.7 Å². The third-order valence-corrected chi connectivity index (χ3v) is 5.61. The lowest BCUT2D eigenvalue weighted by molar-refractivity contribution is 0.581. The largest absolute Gasteiger partial charge is 0.310 e. The zero-order chi connectivity index (χ0) is 13.9. The molecule has 2 heterocycles. The van der Waals surface area contributed by atoms with Crippen LogP contribution in [-0.2, 0) is 16.6 Å². The molecular weight excluding hydrogens is 302 g/mol. The highest BCUT2D eigenvalue weighted by Gasteiger charge is 2.20. The number of thiophene rings is 1. The van der Waals surface area contributed by atoms with E-state index in [0.29, 0.717) is 22.6 Å². The average molecular weight is 317 g/mol. The van der Waals surface area contributed by atoms with Crippen LogP contribution in [0.15, 0.2) is 27.9 Å². The molecule has 19 heavy (non-hydrogen) atoms. The zero-order valence-electron chi connectivity index (χ0n) is 10.6. The van der Waals surface area contributed by atoms with Crippen LogP contribution in [0.1, 0.15) is 18.7 Å². The lowest BCUT2D eigenvalue weighted by Crippen LogP contribution is -2.23. The van der Waals surface area contributed by atoms with Gasteiger partial charge in [0.15, 0.2) is 5.13 Å². The first-order chi connectivity index (χ1) is 8.99. The highest BCUT2D eigenvalue weighted by atomic mass is 32.2. The molecule has 2 rings (SSSR count). The van der Waals surface area contributed by atoms with Gasteiger partial charge in [0.1, 0.15) is 4.90 Å². The molecular formula is C11H15N3O2S3. The predicted octanol–water partition coefficient (Wildman–Crippen LogP) is 2.50. The number of thiazole rings is 1. The summed E-state index contributed by atoms with van der Waals surface area (Å²) in [6.07, 6.45) is 1.57. The molecule has 0 unspecified atom stereocenters. The van der Waals surface area contributed by atoms with E-state index in [4.69, 9.17) is 0 Å². The lowest BCUT2D eigenvalue weighted by Gasteiger charge is -2.09. The van der Waals surface area contributed by atoms with Gasteiger partial charge in [0, 0.05) is 29.0 Å². The van der Waals surface area contributed by atoms with Gasteiger partial charge in [0.2, 0.25) is 0 Å². The summed E-state index contributed by atoms with van der Waals surface area (Å²) in [5.74, 6) is 0. The first-order valence-electron chi connectivity index (χ1n) is 5.71. The number of nitrogens with one attached hydrogen (secondary N) is 2. The Bertz CT molecular complexity index is 617.